The molecule has 11 nitrogen and oxygen atoms in total. The van der Waals surface area contributed by atoms with Crippen molar-refractivity contribution >= 4 is 11.8 Å². The molecule has 3 aromatic heterocycles. The third-order valence-electron chi connectivity index (χ3n) is 3.61. The Morgan fingerprint density at radius 2 is 1.81 bits per heavy atom. The molecule has 0 radical (unpaired) electrons. The Bertz CT molecular complexity index is 1230. The van der Waals surface area contributed by atoms with Crippen molar-refractivity contribution in [2.45, 2.75) is 12.1 Å². The highest BCUT2D eigenvalue weighted by molar-refractivity contribution is 5.64. The van der Waals surface area contributed by atoms with E-state index in [2.05, 4.69) is 24.5 Å². The first kappa shape index (κ1) is 22.7. The van der Waals surface area contributed by atoms with Gasteiger partial charge in [-0.3, -0.25) is 9.78 Å². The lowest BCUT2D eigenvalue weighted by Crippen LogP contribution is -2.33. The standard InChI is InChI=1S/C16H12F5N5O6/c17-15(18,6-31-14(29)32-7-16(19,20)21)5-30-10-3-9(25-26-2-1-22-11(10)26)8-4-23-13(28)24-12(8)27/h1-4H,5-7H2,(H2,23,24,27,28). The molecule has 16 heteroatoms. The lowest BCUT2D eigenvalue weighted by molar-refractivity contribution is -0.168. The first-order valence-corrected chi connectivity index (χ1v) is 8.47. The molecule has 0 aromatic carbocycles. The molecule has 32 heavy (non-hydrogen) atoms. The van der Waals surface area contributed by atoms with E-state index < -0.39 is 49.3 Å². The van der Waals surface area contributed by atoms with E-state index in [4.69, 9.17) is 4.74 Å². The number of nitrogens with one attached hydrogen (secondary N) is 2. The van der Waals surface area contributed by atoms with Crippen molar-refractivity contribution in [3.63, 3.8) is 0 Å². The van der Waals surface area contributed by atoms with Crippen LogP contribution in [-0.2, 0) is 9.47 Å². The summed E-state index contributed by atoms with van der Waals surface area (Å²) in [6.45, 7) is -4.98. The highest BCUT2D eigenvalue weighted by Gasteiger charge is 2.35. The number of carbonyl (C=O) groups is 1. The number of hydrogen-bond acceptors (Lipinski definition) is 8. The van der Waals surface area contributed by atoms with Crippen LogP contribution in [0.25, 0.3) is 16.9 Å². The minimum atomic E-state index is -4.84. The fourth-order valence-corrected chi connectivity index (χ4v) is 2.30. The van der Waals surface area contributed by atoms with Gasteiger partial charge in [0.2, 0.25) is 0 Å². The molecule has 0 unspecified atom stereocenters. The van der Waals surface area contributed by atoms with Gasteiger partial charge in [-0.05, 0) is 0 Å². The van der Waals surface area contributed by atoms with Gasteiger partial charge in [0.05, 0.1) is 5.56 Å². The molecule has 0 spiro atoms. The van der Waals surface area contributed by atoms with Crippen LogP contribution in [0.15, 0.2) is 34.2 Å². The lowest BCUT2D eigenvalue weighted by Gasteiger charge is -2.17. The third kappa shape index (κ3) is 5.79. The molecule has 0 saturated heterocycles. The number of fused-ring (bicyclic) bond motifs is 1. The van der Waals surface area contributed by atoms with Crippen molar-refractivity contribution in [3.05, 3.63) is 45.5 Å². The highest BCUT2D eigenvalue weighted by atomic mass is 19.4. The van der Waals surface area contributed by atoms with Crippen LogP contribution in [0.4, 0.5) is 26.7 Å². The van der Waals surface area contributed by atoms with Gasteiger partial charge in [0.1, 0.15) is 5.69 Å². The number of alkyl halides is 5. The molecule has 3 rings (SSSR count). The number of nitrogens with zero attached hydrogens (tertiary/aromatic N) is 3. The van der Waals surface area contributed by atoms with Crippen LogP contribution in [0.3, 0.4) is 0 Å². The van der Waals surface area contributed by atoms with Crippen LogP contribution in [0.2, 0.25) is 0 Å². The minimum absolute atomic E-state index is 0.00379. The van der Waals surface area contributed by atoms with Gasteiger partial charge in [-0.25, -0.2) is 19.1 Å². The van der Waals surface area contributed by atoms with Crippen LogP contribution in [0, 0.1) is 0 Å². The summed E-state index contributed by atoms with van der Waals surface area (Å²) in [7, 11) is 0. The second-order valence-corrected chi connectivity index (χ2v) is 6.16. The van der Waals surface area contributed by atoms with E-state index in [1.54, 1.807) is 0 Å². The molecule has 0 aliphatic carbocycles. The van der Waals surface area contributed by atoms with Crippen LogP contribution in [-0.4, -0.2) is 62.6 Å². The van der Waals surface area contributed by atoms with Crippen molar-refractivity contribution < 1.29 is 41.0 Å². The Morgan fingerprint density at radius 1 is 1.09 bits per heavy atom. The number of carbonyl (C=O) groups excluding carboxylic acids is 1. The first-order chi connectivity index (χ1) is 14.9. The fourth-order valence-electron chi connectivity index (χ4n) is 2.30. The van der Waals surface area contributed by atoms with Gasteiger partial charge >= 0.3 is 23.9 Å². The molecule has 0 atom stereocenters. The maximum Gasteiger partial charge on any atom is 0.508 e. The molecule has 0 aliphatic rings. The Hall–Kier alpha value is -3.98. The number of hydrogen-bond donors (Lipinski definition) is 2. The van der Waals surface area contributed by atoms with Gasteiger partial charge in [0.15, 0.2) is 31.2 Å². The summed E-state index contributed by atoms with van der Waals surface area (Å²) in [6.07, 6.45) is -3.10. The highest BCUT2D eigenvalue weighted by Crippen LogP contribution is 2.25. The largest absolute Gasteiger partial charge is 0.508 e. The van der Waals surface area contributed by atoms with Crippen LogP contribution >= 0.6 is 0 Å². The summed E-state index contributed by atoms with van der Waals surface area (Å²) >= 11 is 0. The van der Waals surface area contributed by atoms with Gasteiger partial charge in [-0.15, -0.1) is 0 Å². The Morgan fingerprint density at radius 3 is 2.50 bits per heavy atom. The van der Waals surface area contributed by atoms with E-state index in [0.717, 1.165) is 16.8 Å². The van der Waals surface area contributed by atoms with Crippen LogP contribution in [0.5, 0.6) is 5.75 Å². The number of imidazole rings is 1. The molecule has 0 amide bonds. The average molecular weight is 465 g/mol. The van der Waals surface area contributed by atoms with E-state index in [-0.39, 0.29) is 22.7 Å². The summed E-state index contributed by atoms with van der Waals surface area (Å²) in [6, 6.07) is 1.11. The lowest BCUT2D eigenvalue weighted by atomic mass is 10.2. The maximum atomic E-state index is 14.0. The summed E-state index contributed by atoms with van der Waals surface area (Å²) in [5.74, 6) is -4.07. The van der Waals surface area contributed by atoms with Gasteiger partial charge in [0, 0.05) is 24.7 Å². The van der Waals surface area contributed by atoms with Crippen molar-refractivity contribution in [3.8, 4) is 17.0 Å². The Labute approximate surface area is 172 Å². The second kappa shape index (κ2) is 8.64. The summed E-state index contributed by atoms with van der Waals surface area (Å²) in [4.78, 5) is 42.3. The zero-order valence-electron chi connectivity index (χ0n) is 15.6. The van der Waals surface area contributed by atoms with E-state index in [9.17, 15) is 36.3 Å². The van der Waals surface area contributed by atoms with Crippen molar-refractivity contribution in [1.29, 1.82) is 0 Å². The number of aromatic nitrogens is 5. The Balaban J connectivity index is 1.72. The van der Waals surface area contributed by atoms with E-state index in [1.807, 2.05) is 4.98 Å². The van der Waals surface area contributed by atoms with Gasteiger partial charge in [0.25, 0.3) is 5.56 Å². The van der Waals surface area contributed by atoms with Gasteiger partial charge in [-0.2, -0.15) is 27.1 Å². The molecule has 0 aliphatic heterocycles. The van der Waals surface area contributed by atoms with E-state index in [0.29, 0.717) is 0 Å². The van der Waals surface area contributed by atoms with E-state index >= 15 is 0 Å². The molecular weight excluding hydrogens is 453 g/mol. The van der Waals surface area contributed by atoms with Crippen molar-refractivity contribution in [2.75, 3.05) is 19.8 Å². The van der Waals surface area contributed by atoms with Gasteiger partial charge in [-0.1, -0.05) is 0 Å². The van der Waals surface area contributed by atoms with Crippen molar-refractivity contribution in [1.82, 2.24) is 24.6 Å². The normalized spacial score (nSPS) is 12.0. The minimum Gasteiger partial charge on any atom is -0.483 e. The number of halogens is 5. The number of aromatic amines is 2. The average Bonchev–Trinajstić information content (AvgIpc) is 3.17. The summed E-state index contributed by atoms with van der Waals surface area (Å²) in [5, 5.41) is 4.07. The summed E-state index contributed by atoms with van der Waals surface area (Å²) < 4.78 is 77.6. The van der Waals surface area contributed by atoms with Crippen LogP contribution in [0.1, 0.15) is 0 Å². The topological polar surface area (TPSA) is 141 Å². The molecule has 0 saturated carbocycles. The molecule has 3 heterocycles. The molecule has 0 bridgehead atoms. The SMILES string of the molecule is O=C(OCC(F)(F)F)OCC(F)(F)COc1cc(-c2c[nH]c(=O)[nH]c2=O)nn2ccnc12. The number of H-pyrrole nitrogens is 2. The molecule has 172 valence electrons. The predicted molar refractivity (Wildman–Crippen MR) is 93.5 cm³/mol. The summed E-state index contributed by atoms with van der Waals surface area (Å²) in [5.41, 5.74) is -1.74. The van der Waals surface area contributed by atoms with E-state index in [1.165, 1.54) is 12.4 Å². The monoisotopic (exact) mass is 465 g/mol. The van der Waals surface area contributed by atoms with Crippen LogP contribution < -0.4 is 16.0 Å². The number of rotatable bonds is 7. The molecular formula is C16H12F5N5O6. The number of ether oxygens (including phenoxy) is 3. The third-order valence-corrected chi connectivity index (χ3v) is 3.61. The zero-order chi connectivity index (χ0) is 23.5. The molecule has 3 aromatic rings. The maximum absolute atomic E-state index is 14.0. The zero-order valence-corrected chi connectivity index (χ0v) is 15.6. The second-order valence-electron chi connectivity index (χ2n) is 6.16. The smallest absolute Gasteiger partial charge is 0.483 e. The predicted octanol–water partition coefficient (Wildman–Crippen LogP) is 1.50. The Kier molecular flexibility index (Phi) is 6.13. The first-order valence-electron chi connectivity index (χ1n) is 8.47. The van der Waals surface area contributed by atoms with Gasteiger partial charge < -0.3 is 19.2 Å². The van der Waals surface area contributed by atoms with Crippen molar-refractivity contribution in [2.24, 2.45) is 0 Å². The quantitative estimate of drug-likeness (QED) is 0.395. The fraction of sp³-hybridized carbons (Fsp3) is 0.312. The molecule has 0 fully saturated rings. The molecule has 2 N–H and O–H groups in total.